The lowest BCUT2D eigenvalue weighted by atomic mass is 10.0. The minimum Gasteiger partial charge on any atom is -0.496 e. The predicted molar refractivity (Wildman–Crippen MR) is 95.8 cm³/mol. The number of hydrogen-bond acceptors (Lipinski definition) is 3. The maximum absolute atomic E-state index is 13.5. The number of ether oxygens (including phenoxy) is 2. The van der Waals surface area contributed by atoms with Gasteiger partial charge in [0.15, 0.2) is 5.05 Å². The zero-order valence-corrected chi connectivity index (χ0v) is 15.7. The zero-order chi connectivity index (χ0) is 21.1. The number of methoxy groups -OCH3 is 1. The normalized spacial score (nSPS) is 12.0. The van der Waals surface area contributed by atoms with Crippen molar-refractivity contribution >= 4 is 17.3 Å². The quantitative estimate of drug-likeness (QED) is 0.408. The van der Waals surface area contributed by atoms with Gasteiger partial charge >= 0.3 is 12.4 Å². The van der Waals surface area contributed by atoms with Gasteiger partial charge in [0.05, 0.1) is 7.11 Å². The van der Waals surface area contributed by atoms with E-state index in [9.17, 15) is 26.3 Å². The van der Waals surface area contributed by atoms with E-state index in [0.717, 1.165) is 37.6 Å². The molecule has 0 saturated heterocycles. The molecular formula is C19H16F6O2S. The van der Waals surface area contributed by atoms with Crippen molar-refractivity contribution in [2.24, 2.45) is 0 Å². The average molecular weight is 422 g/mol. The third-order valence-corrected chi connectivity index (χ3v) is 4.17. The molecule has 2 aromatic rings. The third-order valence-electron chi connectivity index (χ3n) is 3.85. The van der Waals surface area contributed by atoms with E-state index in [2.05, 4.69) is 4.74 Å². The summed E-state index contributed by atoms with van der Waals surface area (Å²) in [5.74, 6) is -2.00. The summed E-state index contributed by atoms with van der Waals surface area (Å²) in [5.41, 5.74) is -2.66. The summed E-state index contributed by atoms with van der Waals surface area (Å²) in [4.78, 5) is 0. The highest BCUT2D eigenvalue weighted by molar-refractivity contribution is 7.80. The predicted octanol–water partition coefficient (Wildman–Crippen LogP) is 6.44. The molecule has 0 aliphatic rings. The number of thiocarbonyl (C=S) groups is 1. The van der Waals surface area contributed by atoms with Crippen molar-refractivity contribution < 1.29 is 35.8 Å². The molecule has 2 aromatic carbocycles. The first-order chi connectivity index (χ1) is 13.0. The Hall–Kier alpha value is -2.29. The van der Waals surface area contributed by atoms with Crippen molar-refractivity contribution in [1.82, 2.24) is 0 Å². The molecule has 0 heterocycles. The first kappa shape index (κ1) is 22.0. The molecule has 28 heavy (non-hydrogen) atoms. The van der Waals surface area contributed by atoms with E-state index in [0.29, 0.717) is 0 Å². The topological polar surface area (TPSA) is 18.5 Å². The molecule has 0 atom stereocenters. The second-order valence-corrected chi connectivity index (χ2v) is 6.22. The zero-order valence-electron chi connectivity index (χ0n) is 14.9. The van der Waals surface area contributed by atoms with E-state index >= 15 is 0 Å². The molecule has 2 rings (SSSR count). The number of benzene rings is 2. The van der Waals surface area contributed by atoms with E-state index in [1.165, 1.54) is 0 Å². The van der Waals surface area contributed by atoms with E-state index in [1.807, 2.05) is 6.92 Å². The molecule has 0 spiro atoms. The molecule has 0 bridgehead atoms. The second-order valence-electron chi connectivity index (χ2n) is 5.85. The molecule has 0 unspecified atom stereocenters. The molecule has 0 aromatic heterocycles. The smallest absolute Gasteiger partial charge is 0.420 e. The van der Waals surface area contributed by atoms with Gasteiger partial charge < -0.3 is 9.47 Å². The maximum Gasteiger partial charge on any atom is 0.420 e. The van der Waals surface area contributed by atoms with Gasteiger partial charge in [-0.05, 0) is 36.3 Å². The minimum absolute atomic E-state index is 0.285. The standard InChI is InChI=1S/C19H16F6O2S/c1-3-4-11-5-7-12(8-6-11)17(28)27-14-10-9-13(26-2)15(18(20,21)22)16(14)19(23,24)25/h5-10H,3-4H2,1-2H3. The molecule has 2 nitrogen and oxygen atoms in total. The molecule has 0 N–H and O–H groups in total. The Kier molecular flexibility index (Phi) is 6.59. The van der Waals surface area contributed by atoms with E-state index in [4.69, 9.17) is 17.0 Å². The van der Waals surface area contributed by atoms with Gasteiger partial charge in [0.25, 0.3) is 0 Å². The van der Waals surface area contributed by atoms with Crippen molar-refractivity contribution in [1.29, 1.82) is 0 Å². The van der Waals surface area contributed by atoms with E-state index in [1.54, 1.807) is 24.3 Å². The Bertz CT molecular complexity index is 841. The number of alkyl halides is 6. The lowest BCUT2D eigenvalue weighted by Crippen LogP contribution is -2.20. The van der Waals surface area contributed by atoms with Crippen molar-refractivity contribution in [2.75, 3.05) is 7.11 Å². The summed E-state index contributed by atoms with van der Waals surface area (Å²) in [6, 6.07) is 8.08. The van der Waals surface area contributed by atoms with E-state index in [-0.39, 0.29) is 10.6 Å². The molecule has 9 heteroatoms. The fourth-order valence-electron chi connectivity index (χ4n) is 2.64. The Morgan fingerprint density at radius 2 is 1.36 bits per heavy atom. The summed E-state index contributed by atoms with van der Waals surface area (Å²) in [5, 5.41) is -0.369. The Morgan fingerprint density at radius 1 is 0.857 bits per heavy atom. The fraction of sp³-hybridized carbons (Fsp3) is 0.316. The molecule has 0 saturated carbocycles. The fourth-order valence-corrected chi connectivity index (χ4v) is 2.86. The lowest BCUT2D eigenvalue weighted by molar-refractivity contribution is -0.163. The molecule has 0 aliphatic heterocycles. The van der Waals surface area contributed by atoms with Gasteiger partial charge in [0.2, 0.25) is 0 Å². The van der Waals surface area contributed by atoms with Crippen LogP contribution in [0.4, 0.5) is 26.3 Å². The van der Waals surface area contributed by atoms with Crippen molar-refractivity contribution in [3.63, 3.8) is 0 Å². The van der Waals surface area contributed by atoms with Gasteiger partial charge in [0.1, 0.15) is 22.6 Å². The lowest BCUT2D eigenvalue weighted by Gasteiger charge is -2.21. The number of aryl methyl sites for hydroxylation is 1. The highest BCUT2D eigenvalue weighted by atomic mass is 32.1. The van der Waals surface area contributed by atoms with Gasteiger partial charge in [-0.3, -0.25) is 0 Å². The van der Waals surface area contributed by atoms with Crippen LogP contribution in [0.2, 0.25) is 0 Å². The summed E-state index contributed by atoms with van der Waals surface area (Å²) >= 11 is 4.99. The molecular weight excluding hydrogens is 406 g/mol. The number of rotatable bonds is 5. The van der Waals surface area contributed by atoms with Crippen LogP contribution in [0.5, 0.6) is 11.5 Å². The molecule has 0 amide bonds. The molecule has 0 radical (unpaired) electrons. The van der Waals surface area contributed by atoms with Crippen molar-refractivity contribution in [3.05, 3.63) is 58.7 Å². The van der Waals surface area contributed by atoms with Crippen molar-refractivity contribution in [3.8, 4) is 11.5 Å². The van der Waals surface area contributed by atoms with E-state index < -0.39 is 35.0 Å². The van der Waals surface area contributed by atoms with Gasteiger partial charge in [-0.2, -0.15) is 26.3 Å². The van der Waals surface area contributed by atoms with Gasteiger partial charge in [-0.1, -0.05) is 37.6 Å². The molecule has 0 fully saturated rings. The average Bonchev–Trinajstić information content (AvgIpc) is 2.60. The van der Waals surface area contributed by atoms with Crippen LogP contribution in [-0.4, -0.2) is 12.2 Å². The second kappa shape index (κ2) is 8.38. The van der Waals surface area contributed by atoms with Gasteiger partial charge in [0, 0.05) is 5.56 Å². The maximum atomic E-state index is 13.5. The van der Waals surface area contributed by atoms with Crippen LogP contribution < -0.4 is 9.47 Å². The van der Waals surface area contributed by atoms with Crippen LogP contribution in [0.3, 0.4) is 0 Å². The molecule has 152 valence electrons. The summed E-state index contributed by atoms with van der Waals surface area (Å²) < 4.78 is 89.9. The Labute approximate surface area is 163 Å². The highest BCUT2D eigenvalue weighted by Crippen LogP contribution is 2.49. The summed E-state index contributed by atoms with van der Waals surface area (Å²) in [6.07, 6.45) is -8.94. The van der Waals surface area contributed by atoms with Crippen LogP contribution >= 0.6 is 12.2 Å². The first-order valence-corrected chi connectivity index (χ1v) is 8.56. The van der Waals surface area contributed by atoms with Gasteiger partial charge in [-0.25, -0.2) is 0 Å². The Morgan fingerprint density at radius 3 is 1.82 bits per heavy atom. The SMILES string of the molecule is CCCc1ccc(C(=S)Oc2ccc(OC)c(C(F)(F)F)c2C(F)(F)F)cc1. The Balaban J connectivity index is 2.49. The first-order valence-electron chi connectivity index (χ1n) is 8.15. The number of hydrogen-bond donors (Lipinski definition) is 0. The van der Waals surface area contributed by atoms with Crippen LogP contribution in [0.25, 0.3) is 0 Å². The monoisotopic (exact) mass is 422 g/mol. The summed E-state index contributed by atoms with van der Waals surface area (Å²) in [7, 11) is 0.855. The van der Waals surface area contributed by atoms with Crippen molar-refractivity contribution in [2.45, 2.75) is 32.1 Å². The number of halogens is 6. The van der Waals surface area contributed by atoms with Crippen LogP contribution in [0.1, 0.15) is 35.6 Å². The largest absolute Gasteiger partial charge is 0.496 e. The minimum atomic E-state index is -5.34. The summed E-state index contributed by atoms with van der Waals surface area (Å²) in [6.45, 7) is 1.99. The van der Waals surface area contributed by atoms with Crippen LogP contribution in [-0.2, 0) is 18.8 Å². The van der Waals surface area contributed by atoms with Gasteiger partial charge in [-0.15, -0.1) is 0 Å². The molecule has 0 aliphatic carbocycles. The van der Waals surface area contributed by atoms with Crippen LogP contribution in [0.15, 0.2) is 36.4 Å². The highest BCUT2D eigenvalue weighted by Gasteiger charge is 2.48. The van der Waals surface area contributed by atoms with Crippen LogP contribution in [0, 0.1) is 0 Å². The third kappa shape index (κ3) is 4.95.